The highest BCUT2D eigenvalue weighted by Gasteiger charge is 2.15. The molecule has 8 nitrogen and oxygen atoms in total. The zero-order chi connectivity index (χ0) is 26.5. The van der Waals surface area contributed by atoms with Gasteiger partial charge in [-0.1, -0.05) is 48.5 Å². The van der Waals surface area contributed by atoms with Gasteiger partial charge in [-0.3, -0.25) is 0 Å². The minimum Gasteiger partial charge on any atom is -0.494 e. The van der Waals surface area contributed by atoms with Gasteiger partial charge in [-0.25, -0.2) is 9.59 Å². The fourth-order valence-corrected chi connectivity index (χ4v) is 4.28. The van der Waals surface area contributed by atoms with Gasteiger partial charge in [0.05, 0.1) is 6.61 Å². The molecule has 0 amide bonds. The predicted octanol–water partition coefficient (Wildman–Crippen LogP) is 4.59. The van der Waals surface area contributed by atoms with E-state index in [9.17, 15) is 0 Å². The molecule has 37 heavy (non-hydrogen) atoms. The summed E-state index contributed by atoms with van der Waals surface area (Å²) in [5, 5.41) is 20.4. The number of nitrogens with zero attached hydrogens (tertiary/aromatic N) is 1. The molecule has 3 N–H and O–H groups in total. The van der Waals surface area contributed by atoms with Gasteiger partial charge in [0.1, 0.15) is 17.6 Å². The minimum atomic E-state index is -1.82. The van der Waals surface area contributed by atoms with Gasteiger partial charge in [-0.05, 0) is 75.1 Å². The lowest BCUT2D eigenvalue weighted by Crippen LogP contribution is -2.21. The first-order valence-corrected chi connectivity index (χ1v) is 12.7. The maximum absolute atomic E-state index is 9.10. The first-order chi connectivity index (χ1) is 18.0. The molecule has 3 aromatic carbocycles. The number of carbonyl (C=O) groups is 2. The summed E-state index contributed by atoms with van der Waals surface area (Å²) in [5.74, 6) is -1.78. The van der Waals surface area contributed by atoms with E-state index in [2.05, 4.69) is 76.9 Å². The van der Waals surface area contributed by atoms with Crippen LogP contribution in [0, 0.1) is 0 Å². The first kappa shape index (κ1) is 28.0. The largest absolute Gasteiger partial charge is 0.494 e. The summed E-state index contributed by atoms with van der Waals surface area (Å²) < 4.78 is 12.5. The summed E-state index contributed by atoms with van der Waals surface area (Å²) in [4.78, 5) is 20.7. The van der Waals surface area contributed by atoms with Crippen LogP contribution in [0.1, 0.15) is 37.4 Å². The van der Waals surface area contributed by atoms with Gasteiger partial charge in [-0.15, -0.1) is 0 Å². The Morgan fingerprint density at radius 1 is 0.946 bits per heavy atom. The molecular formula is C29H36N2O6. The third-order valence-electron chi connectivity index (χ3n) is 6.20. The lowest BCUT2D eigenvalue weighted by molar-refractivity contribution is -0.159. The Kier molecular flexibility index (Phi) is 11.2. The van der Waals surface area contributed by atoms with Crippen LogP contribution in [0.2, 0.25) is 0 Å². The standard InChI is InChI=1S/C27H34N2O2.C2H2O4/c1-28-17-16-26(31-27-11-6-9-22-8-2-3-10-25(22)27)23-12-14-24(15-13-23)30-21-7-20-29-18-4-5-19-29;3-1(4)2(5)6/h2-3,6,8-15,26,28H,4-5,7,16-21H2,1H3;(H,3,4)(H,5,6). The zero-order valence-electron chi connectivity index (χ0n) is 21.3. The van der Waals surface area contributed by atoms with Gasteiger partial charge in [0, 0.05) is 18.4 Å². The maximum atomic E-state index is 9.10. The molecule has 1 unspecified atom stereocenters. The van der Waals surface area contributed by atoms with Crippen LogP contribution in [0.4, 0.5) is 0 Å². The number of likely N-dealkylation sites (tertiary alicyclic amines) is 1. The Morgan fingerprint density at radius 3 is 2.30 bits per heavy atom. The molecule has 3 aromatic rings. The molecule has 8 heteroatoms. The van der Waals surface area contributed by atoms with E-state index in [1.165, 1.54) is 36.9 Å². The molecule has 0 aliphatic carbocycles. The van der Waals surface area contributed by atoms with E-state index < -0.39 is 11.9 Å². The molecule has 0 bridgehead atoms. The van der Waals surface area contributed by atoms with E-state index in [1.807, 2.05) is 7.05 Å². The van der Waals surface area contributed by atoms with Crippen molar-refractivity contribution in [3.63, 3.8) is 0 Å². The van der Waals surface area contributed by atoms with Crippen LogP contribution < -0.4 is 14.8 Å². The highest BCUT2D eigenvalue weighted by Crippen LogP contribution is 2.31. The Hall–Kier alpha value is -3.62. The number of rotatable bonds is 11. The van der Waals surface area contributed by atoms with Crippen molar-refractivity contribution >= 4 is 22.7 Å². The maximum Gasteiger partial charge on any atom is 0.414 e. The summed E-state index contributed by atoms with van der Waals surface area (Å²) in [6, 6.07) is 23.1. The van der Waals surface area contributed by atoms with Crippen molar-refractivity contribution in [3.8, 4) is 11.5 Å². The van der Waals surface area contributed by atoms with E-state index in [0.717, 1.165) is 49.4 Å². The normalized spacial score (nSPS) is 14.0. The van der Waals surface area contributed by atoms with Gasteiger partial charge in [0.2, 0.25) is 0 Å². The van der Waals surface area contributed by atoms with E-state index >= 15 is 0 Å². The van der Waals surface area contributed by atoms with Gasteiger partial charge >= 0.3 is 11.9 Å². The summed E-state index contributed by atoms with van der Waals surface area (Å²) >= 11 is 0. The number of benzene rings is 3. The quantitative estimate of drug-likeness (QED) is 0.255. The number of hydrogen-bond donors (Lipinski definition) is 3. The molecular weight excluding hydrogens is 472 g/mol. The number of nitrogens with one attached hydrogen (secondary N) is 1. The smallest absolute Gasteiger partial charge is 0.414 e. The van der Waals surface area contributed by atoms with Crippen molar-refractivity contribution in [1.29, 1.82) is 0 Å². The molecule has 4 rings (SSSR count). The summed E-state index contributed by atoms with van der Waals surface area (Å²) in [6.45, 7) is 5.30. The summed E-state index contributed by atoms with van der Waals surface area (Å²) in [6.07, 6.45) is 4.66. The Balaban J connectivity index is 0.000000568. The minimum absolute atomic E-state index is 0.0116. The second kappa shape index (κ2) is 14.8. The number of fused-ring (bicyclic) bond motifs is 1. The van der Waals surface area contributed by atoms with E-state index in [4.69, 9.17) is 29.3 Å². The molecule has 0 spiro atoms. The molecule has 1 aliphatic rings. The second-order valence-corrected chi connectivity index (χ2v) is 8.91. The van der Waals surface area contributed by atoms with Crippen LogP contribution in [0.3, 0.4) is 0 Å². The van der Waals surface area contributed by atoms with Crippen LogP contribution in [0.5, 0.6) is 11.5 Å². The molecule has 198 valence electrons. The second-order valence-electron chi connectivity index (χ2n) is 8.91. The predicted molar refractivity (Wildman–Crippen MR) is 143 cm³/mol. The third kappa shape index (κ3) is 9.08. The van der Waals surface area contributed by atoms with Gasteiger partial charge < -0.3 is 29.9 Å². The monoisotopic (exact) mass is 508 g/mol. The topological polar surface area (TPSA) is 108 Å². The van der Waals surface area contributed by atoms with Gasteiger partial charge in [0.25, 0.3) is 0 Å². The highest BCUT2D eigenvalue weighted by molar-refractivity contribution is 6.27. The van der Waals surface area contributed by atoms with Crippen molar-refractivity contribution in [3.05, 3.63) is 72.3 Å². The van der Waals surface area contributed by atoms with Crippen molar-refractivity contribution in [2.24, 2.45) is 0 Å². The molecule has 1 fully saturated rings. The van der Waals surface area contributed by atoms with Crippen molar-refractivity contribution in [2.45, 2.75) is 31.8 Å². The highest BCUT2D eigenvalue weighted by atomic mass is 16.5. The molecule has 1 saturated heterocycles. The lowest BCUT2D eigenvalue weighted by atomic mass is 10.1. The molecule has 0 saturated carbocycles. The van der Waals surface area contributed by atoms with Gasteiger partial charge in [0.15, 0.2) is 0 Å². The number of ether oxygens (including phenoxy) is 2. The third-order valence-corrected chi connectivity index (χ3v) is 6.20. The molecule has 0 aromatic heterocycles. The Bertz CT molecular complexity index is 1110. The van der Waals surface area contributed by atoms with Crippen LogP contribution in [0.15, 0.2) is 66.7 Å². The van der Waals surface area contributed by atoms with Crippen LogP contribution >= 0.6 is 0 Å². The Labute approximate surface area is 217 Å². The zero-order valence-corrected chi connectivity index (χ0v) is 21.3. The fraction of sp³-hybridized carbons (Fsp3) is 0.379. The van der Waals surface area contributed by atoms with Crippen molar-refractivity contribution in [1.82, 2.24) is 10.2 Å². The Morgan fingerprint density at radius 2 is 1.62 bits per heavy atom. The summed E-state index contributed by atoms with van der Waals surface area (Å²) in [5.41, 5.74) is 1.17. The van der Waals surface area contributed by atoms with Crippen LogP contribution in [-0.2, 0) is 9.59 Å². The average molecular weight is 509 g/mol. The molecule has 0 radical (unpaired) electrons. The van der Waals surface area contributed by atoms with Crippen LogP contribution in [-0.4, -0.2) is 66.9 Å². The van der Waals surface area contributed by atoms with E-state index in [1.54, 1.807) is 0 Å². The number of carboxylic acid groups (broad SMARTS) is 2. The summed E-state index contributed by atoms with van der Waals surface area (Å²) in [7, 11) is 1.98. The lowest BCUT2D eigenvalue weighted by Gasteiger charge is -2.21. The number of hydrogen-bond acceptors (Lipinski definition) is 6. The molecule has 1 aliphatic heterocycles. The van der Waals surface area contributed by atoms with Crippen LogP contribution in [0.25, 0.3) is 10.8 Å². The van der Waals surface area contributed by atoms with Crippen molar-refractivity contribution < 1.29 is 29.3 Å². The molecule has 1 atom stereocenters. The SMILES string of the molecule is CNCCC(Oc1cccc2ccccc12)c1ccc(OCCCN2CCCC2)cc1.O=C(O)C(=O)O. The number of aliphatic carboxylic acids is 2. The fourth-order valence-electron chi connectivity index (χ4n) is 4.28. The van der Waals surface area contributed by atoms with Crippen molar-refractivity contribution in [2.75, 3.05) is 39.8 Å². The van der Waals surface area contributed by atoms with E-state index in [0.29, 0.717) is 0 Å². The average Bonchev–Trinajstić information content (AvgIpc) is 3.43. The molecule has 1 heterocycles. The first-order valence-electron chi connectivity index (χ1n) is 12.7. The van der Waals surface area contributed by atoms with Gasteiger partial charge in [-0.2, -0.15) is 0 Å². The van der Waals surface area contributed by atoms with E-state index in [-0.39, 0.29) is 6.10 Å². The number of carboxylic acids is 2.